The quantitative estimate of drug-likeness (QED) is 0.688. The summed E-state index contributed by atoms with van der Waals surface area (Å²) in [6.07, 6.45) is 4.39. The molecule has 2 rings (SSSR count). The lowest BCUT2D eigenvalue weighted by atomic mass is 10.3. The van der Waals surface area contributed by atoms with E-state index < -0.39 is 0 Å². The summed E-state index contributed by atoms with van der Waals surface area (Å²) in [5, 5.41) is 3.30. The van der Waals surface area contributed by atoms with Crippen LogP contribution in [0.2, 0.25) is 0 Å². The van der Waals surface area contributed by atoms with Crippen molar-refractivity contribution in [2.24, 2.45) is 5.92 Å². The minimum atomic E-state index is 0.646. The molecule has 0 saturated heterocycles. The zero-order valence-electron chi connectivity index (χ0n) is 11.6. The Hall–Kier alpha value is -1.33. The molecule has 0 unspecified atom stereocenters. The minimum absolute atomic E-state index is 0.646. The van der Waals surface area contributed by atoms with Crippen molar-refractivity contribution in [1.82, 2.24) is 10.3 Å². The van der Waals surface area contributed by atoms with E-state index in [-0.39, 0.29) is 0 Å². The highest BCUT2D eigenvalue weighted by atomic mass is 16.5. The normalized spacial score (nSPS) is 14.4. The molecule has 0 amide bonds. The summed E-state index contributed by atoms with van der Waals surface area (Å²) in [4.78, 5) is 4.31. The number of pyridine rings is 1. The zero-order chi connectivity index (χ0) is 13.5. The summed E-state index contributed by atoms with van der Waals surface area (Å²) in [6, 6.07) is 1.79. The Kier molecular flexibility index (Phi) is 5.42. The van der Waals surface area contributed by atoms with Crippen molar-refractivity contribution in [3.05, 3.63) is 18.0 Å². The maximum Gasteiger partial charge on any atom is 0.183 e. The van der Waals surface area contributed by atoms with Crippen LogP contribution in [0.1, 0.15) is 18.5 Å². The van der Waals surface area contributed by atoms with E-state index >= 15 is 0 Å². The average Bonchev–Trinajstić information content (AvgIpc) is 3.26. The van der Waals surface area contributed by atoms with Crippen LogP contribution in [-0.4, -0.2) is 39.0 Å². The van der Waals surface area contributed by atoms with Gasteiger partial charge in [-0.25, -0.2) is 0 Å². The van der Waals surface area contributed by atoms with E-state index in [0.717, 1.165) is 31.4 Å². The Labute approximate surface area is 114 Å². The smallest absolute Gasteiger partial charge is 0.183 e. The van der Waals surface area contributed by atoms with E-state index in [4.69, 9.17) is 14.2 Å². The van der Waals surface area contributed by atoms with Crippen molar-refractivity contribution in [3.8, 4) is 11.5 Å². The van der Waals surface area contributed by atoms with Gasteiger partial charge in [-0.3, -0.25) is 4.98 Å². The molecule has 1 aliphatic carbocycles. The highest BCUT2D eigenvalue weighted by Crippen LogP contribution is 2.29. The lowest BCUT2D eigenvalue weighted by Crippen LogP contribution is -2.20. The van der Waals surface area contributed by atoms with Crippen LogP contribution in [0, 0.1) is 5.92 Å². The van der Waals surface area contributed by atoms with Crippen LogP contribution in [0.4, 0.5) is 0 Å². The number of hydrogen-bond acceptors (Lipinski definition) is 5. The van der Waals surface area contributed by atoms with E-state index in [0.29, 0.717) is 18.0 Å². The van der Waals surface area contributed by atoms with Crippen LogP contribution in [0.5, 0.6) is 11.5 Å². The highest BCUT2D eigenvalue weighted by Gasteiger charge is 2.20. The maximum absolute atomic E-state index is 5.56. The van der Waals surface area contributed by atoms with Gasteiger partial charge in [0, 0.05) is 32.0 Å². The molecule has 5 heteroatoms. The molecule has 0 aromatic carbocycles. The molecule has 0 aliphatic heterocycles. The Morgan fingerprint density at radius 1 is 1.32 bits per heavy atom. The van der Waals surface area contributed by atoms with Crippen LogP contribution >= 0.6 is 0 Å². The van der Waals surface area contributed by atoms with Crippen LogP contribution in [0.25, 0.3) is 0 Å². The second-order valence-electron chi connectivity index (χ2n) is 4.69. The maximum atomic E-state index is 5.56. The first-order valence-corrected chi connectivity index (χ1v) is 6.69. The van der Waals surface area contributed by atoms with Crippen LogP contribution in [-0.2, 0) is 11.3 Å². The molecule has 0 atom stereocenters. The molecule has 1 fully saturated rings. The van der Waals surface area contributed by atoms with Crippen molar-refractivity contribution in [1.29, 1.82) is 0 Å². The molecule has 1 aromatic heterocycles. The van der Waals surface area contributed by atoms with Gasteiger partial charge in [0.1, 0.15) is 0 Å². The van der Waals surface area contributed by atoms with E-state index in [1.807, 2.05) is 0 Å². The summed E-state index contributed by atoms with van der Waals surface area (Å²) >= 11 is 0. The summed E-state index contributed by atoms with van der Waals surface area (Å²) in [6.45, 7) is 3.10. The number of methoxy groups -OCH3 is 2. The molecule has 19 heavy (non-hydrogen) atoms. The molecule has 0 spiro atoms. The van der Waals surface area contributed by atoms with Crippen molar-refractivity contribution in [2.75, 3.05) is 34.0 Å². The minimum Gasteiger partial charge on any atom is -0.493 e. The molecule has 106 valence electrons. The molecule has 1 aromatic rings. The van der Waals surface area contributed by atoms with Gasteiger partial charge in [-0.2, -0.15) is 0 Å². The number of aromatic nitrogens is 1. The Morgan fingerprint density at radius 3 is 2.84 bits per heavy atom. The van der Waals surface area contributed by atoms with E-state index in [1.54, 1.807) is 26.5 Å². The average molecular weight is 266 g/mol. The lowest BCUT2D eigenvalue weighted by Gasteiger charge is -2.12. The lowest BCUT2D eigenvalue weighted by molar-refractivity contribution is 0.126. The van der Waals surface area contributed by atoms with Crippen molar-refractivity contribution in [2.45, 2.75) is 19.4 Å². The topological polar surface area (TPSA) is 52.6 Å². The second kappa shape index (κ2) is 7.31. The molecular formula is C14H22N2O3. The van der Waals surface area contributed by atoms with Gasteiger partial charge in [0.25, 0.3) is 0 Å². The molecule has 1 N–H and O–H groups in total. The van der Waals surface area contributed by atoms with Crippen molar-refractivity contribution >= 4 is 0 Å². The molecular weight excluding hydrogens is 244 g/mol. The van der Waals surface area contributed by atoms with Gasteiger partial charge in [-0.1, -0.05) is 0 Å². The number of nitrogens with one attached hydrogen (secondary N) is 1. The largest absolute Gasteiger partial charge is 0.493 e. The fourth-order valence-corrected chi connectivity index (χ4v) is 1.86. The summed E-state index contributed by atoms with van der Waals surface area (Å²) in [5.74, 6) is 2.22. The molecule has 1 saturated carbocycles. The molecule has 5 nitrogen and oxygen atoms in total. The molecule has 1 aliphatic rings. The van der Waals surface area contributed by atoms with Gasteiger partial charge in [0.15, 0.2) is 11.5 Å². The van der Waals surface area contributed by atoms with Gasteiger partial charge in [0.2, 0.25) is 0 Å². The predicted molar refractivity (Wildman–Crippen MR) is 72.6 cm³/mol. The Bertz CT molecular complexity index is 394. The molecule has 0 bridgehead atoms. The van der Waals surface area contributed by atoms with Gasteiger partial charge in [0.05, 0.1) is 26.5 Å². The van der Waals surface area contributed by atoms with E-state index in [2.05, 4.69) is 10.3 Å². The van der Waals surface area contributed by atoms with Crippen LogP contribution in [0.15, 0.2) is 12.3 Å². The van der Waals surface area contributed by atoms with E-state index in [1.165, 1.54) is 12.8 Å². The Morgan fingerprint density at radius 2 is 2.16 bits per heavy atom. The van der Waals surface area contributed by atoms with Crippen LogP contribution < -0.4 is 14.8 Å². The fraction of sp³-hybridized carbons (Fsp3) is 0.643. The standard InChI is InChI=1S/C14H22N2O3/c1-17-13-5-6-16-12(14(13)18-2)9-15-7-8-19-10-11-3-4-11/h5-6,11,15H,3-4,7-10H2,1-2H3. The first kappa shape index (κ1) is 14.1. The summed E-state index contributed by atoms with van der Waals surface area (Å²) < 4.78 is 16.1. The second-order valence-corrected chi connectivity index (χ2v) is 4.69. The first-order valence-electron chi connectivity index (χ1n) is 6.69. The zero-order valence-corrected chi connectivity index (χ0v) is 11.6. The monoisotopic (exact) mass is 266 g/mol. The van der Waals surface area contributed by atoms with Gasteiger partial charge < -0.3 is 19.5 Å². The van der Waals surface area contributed by atoms with Crippen LogP contribution in [0.3, 0.4) is 0 Å². The summed E-state index contributed by atoms with van der Waals surface area (Å²) in [7, 11) is 3.25. The van der Waals surface area contributed by atoms with Gasteiger partial charge >= 0.3 is 0 Å². The molecule has 1 heterocycles. The van der Waals surface area contributed by atoms with E-state index in [9.17, 15) is 0 Å². The Balaban J connectivity index is 1.71. The number of nitrogens with zero attached hydrogens (tertiary/aromatic N) is 1. The molecule has 0 radical (unpaired) electrons. The number of ether oxygens (including phenoxy) is 3. The fourth-order valence-electron chi connectivity index (χ4n) is 1.86. The first-order chi connectivity index (χ1) is 9.35. The number of rotatable bonds is 9. The third kappa shape index (κ3) is 4.36. The van der Waals surface area contributed by atoms with Gasteiger partial charge in [-0.15, -0.1) is 0 Å². The SMILES string of the molecule is COc1ccnc(CNCCOCC2CC2)c1OC. The number of hydrogen-bond donors (Lipinski definition) is 1. The van der Waals surface area contributed by atoms with Crippen molar-refractivity contribution < 1.29 is 14.2 Å². The highest BCUT2D eigenvalue weighted by molar-refractivity contribution is 5.42. The van der Waals surface area contributed by atoms with Gasteiger partial charge in [-0.05, 0) is 18.8 Å². The summed E-state index contributed by atoms with van der Waals surface area (Å²) in [5.41, 5.74) is 0.851. The predicted octanol–water partition coefficient (Wildman–Crippen LogP) is 1.61. The third-order valence-electron chi connectivity index (χ3n) is 3.13. The third-order valence-corrected chi connectivity index (χ3v) is 3.13. The van der Waals surface area contributed by atoms with Crippen molar-refractivity contribution in [3.63, 3.8) is 0 Å².